The second-order valence-electron chi connectivity index (χ2n) is 7.49. The Kier molecular flexibility index (Phi) is 8.16. The van der Waals surface area contributed by atoms with Crippen LogP contribution in [0.2, 0.25) is 0 Å². The molecule has 4 N–H and O–H groups in total. The molecular weight excluding hydrogens is 392 g/mol. The third-order valence-electron chi connectivity index (χ3n) is 6.16. The zero-order valence-corrected chi connectivity index (χ0v) is 17.8. The third-order valence-corrected chi connectivity index (χ3v) is 6.16. The Morgan fingerprint density at radius 3 is 1.07 bits per heavy atom. The summed E-state index contributed by atoms with van der Waals surface area (Å²) in [5.41, 5.74) is -1.31. The van der Waals surface area contributed by atoms with Crippen molar-refractivity contribution in [2.45, 2.75) is 66.2 Å². The normalized spacial score (nSPS) is 11.9. The van der Waals surface area contributed by atoms with Crippen LogP contribution < -0.4 is 0 Å². The predicted octanol–water partition coefficient (Wildman–Crippen LogP) is 3.03. The van der Waals surface area contributed by atoms with Crippen LogP contribution in [0.4, 0.5) is 0 Å². The van der Waals surface area contributed by atoms with Crippen LogP contribution in [0.1, 0.15) is 62.8 Å². The van der Waals surface area contributed by atoms with Gasteiger partial charge < -0.3 is 20.4 Å². The fraction of sp³-hybridized carbons (Fsp3) is 0.545. The molecule has 166 valence electrons. The number of rotatable bonds is 12. The Bertz CT molecular complexity index is 743. The van der Waals surface area contributed by atoms with E-state index in [1.54, 1.807) is 12.1 Å². The smallest absolute Gasteiger partial charge is 0.321 e. The second kappa shape index (κ2) is 9.73. The Balaban J connectivity index is 3.63. The molecule has 0 aliphatic rings. The maximum Gasteiger partial charge on any atom is 0.321 e. The molecule has 0 fully saturated rings. The zero-order chi connectivity index (χ0) is 23.3. The van der Waals surface area contributed by atoms with E-state index in [-0.39, 0.29) is 25.7 Å². The lowest BCUT2D eigenvalue weighted by Crippen LogP contribution is -2.41. The average molecular weight is 422 g/mol. The standard InChI is InChI=1S/C22H30O8/c1-5-15-13(11-21(7-3,17(23)24)18(25)26)9-10-14(16(15)6-2)12-22(8-4,19(27)28)20(29)30/h9-10H,5-8,11-12H2,1-4H3,(H,23,24)(H,25,26)(H,27,28)(H,29,30). The van der Waals surface area contributed by atoms with Crippen molar-refractivity contribution in [3.8, 4) is 0 Å². The maximum absolute atomic E-state index is 11.8. The quantitative estimate of drug-likeness (QED) is 0.376. The van der Waals surface area contributed by atoms with Crippen molar-refractivity contribution in [2.24, 2.45) is 10.8 Å². The Labute approximate surface area is 175 Å². The van der Waals surface area contributed by atoms with E-state index in [4.69, 9.17) is 0 Å². The second-order valence-corrected chi connectivity index (χ2v) is 7.49. The molecule has 30 heavy (non-hydrogen) atoms. The summed E-state index contributed by atoms with van der Waals surface area (Å²) >= 11 is 0. The van der Waals surface area contributed by atoms with E-state index in [0.29, 0.717) is 24.0 Å². The van der Waals surface area contributed by atoms with E-state index < -0.39 is 34.7 Å². The highest BCUT2D eigenvalue weighted by Gasteiger charge is 2.47. The molecule has 0 radical (unpaired) electrons. The van der Waals surface area contributed by atoms with Crippen LogP contribution in [0.15, 0.2) is 12.1 Å². The molecule has 8 nitrogen and oxygen atoms in total. The maximum atomic E-state index is 11.8. The zero-order valence-electron chi connectivity index (χ0n) is 17.8. The van der Waals surface area contributed by atoms with E-state index in [9.17, 15) is 39.6 Å². The van der Waals surface area contributed by atoms with Gasteiger partial charge in [0.25, 0.3) is 0 Å². The first kappa shape index (κ1) is 25.1. The van der Waals surface area contributed by atoms with E-state index in [0.717, 1.165) is 11.1 Å². The van der Waals surface area contributed by atoms with Crippen LogP contribution in [0.3, 0.4) is 0 Å². The van der Waals surface area contributed by atoms with Crippen molar-refractivity contribution in [1.29, 1.82) is 0 Å². The third kappa shape index (κ3) is 4.32. The molecule has 0 unspecified atom stereocenters. The molecule has 8 heteroatoms. The van der Waals surface area contributed by atoms with E-state index in [1.807, 2.05) is 13.8 Å². The van der Waals surface area contributed by atoms with Crippen molar-refractivity contribution in [3.63, 3.8) is 0 Å². The summed E-state index contributed by atoms with van der Waals surface area (Å²) in [6.45, 7) is 6.72. The first-order chi connectivity index (χ1) is 14.0. The summed E-state index contributed by atoms with van der Waals surface area (Å²) in [6.07, 6.45) is 0.347. The molecular formula is C22H30O8. The van der Waals surface area contributed by atoms with Gasteiger partial charge in [-0.1, -0.05) is 39.8 Å². The minimum atomic E-state index is -1.97. The average Bonchev–Trinajstić information content (AvgIpc) is 2.68. The molecule has 1 aromatic carbocycles. The van der Waals surface area contributed by atoms with Gasteiger partial charge in [-0.3, -0.25) is 19.2 Å². The van der Waals surface area contributed by atoms with Gasteiger partial charge in [0.1, 0.15) is 0 Å². The van der Waals surface area contributed by atoms with Crippen LogP contribution in [-0.4, -0.2) is 44.3 Å². The van der Waals surface area contributed by atoms with E-state index in [1.165, 1.54) is 13.8 Å². The summed E-state index contributed by atoms with van der Waals surface area (Å²) < 4.78 is 0. The summed E-state index contributed by atoms with van der Waals surface area (Å²) in [6, 6.07) is 3.21. The van der Waals surface area contributed by atoms with Gasteiger partial charge in [-0.2, -0.15) is 0 Å². The molecule has 0 atom stereocenters. The summed E-state index contributed by atoms with van der Waals surface area (Å²) in [5, 5.41) is 38.4. The van der Waals surface area contributed by atoms with Gasteiger partial charge in [-0.15, -0.1) is 0 Å². The molecule has 0 amide bonds. The van der Waals surface area contributed by atoms with Gasteiger partial charge in [0.15, 0.2) is 10.8 Å². The van der Waals surface area contributed by atoms with E-state index >= 15 is 0 Å². The highest BCUT2D eigenvalue weighted by Crippen LogP contribution is 2.35. The van der Waals surface area contributed by atoms with Gasteiger partial charge in [0.2, 0.25) is 0 Å². The molecule has 0 aromatic heterocycles. The van der Waals surface area contributed by atoms with Gasteiger partial charge in [-0.05, 0) is 60.8 Å². The molecule has 1 aromatic rings. The van der Waals surface area contributed by atoms with E-state index in [2.05, 4.69) is 0 Å². The lowest BCUT2D eigenvalue weighted by Gasteiger charge is -2.28. The fourth-order valence-corrected chi connectivity index (χ4v) is 3.99. The number of hydrogen-bond donors (Lipinski definition) is 4. The van der Waals surface area contributed by atoms with Crippen LogP contribution >= 0.6 is 0 Å². The predicted molar refractivity (Wildman–Crippen MR) is 109 cm³/mol. The van der Waals surface area contributed by atoms with Crippen molar-refractivity contribution in [1.82, 2.24) is 0 Å². The summed E-state index contributed by atoms with van der Waals surface area (Å²) in [4.78, 5) is 47.1. The molecule has 0 saturated carbocycles. The molecule has 0 aliphatic heterocycles. The van der Waals surface area contributed by atoms with Gasteiger partial charge in [0, 0.05) is 0 Å². The molecule has 0 saturated heterocycles. The lowest BCUT2D eigenvalue weighted by molar-refractivity contribution is -0.166. The SMILES string of the molecule is CCc1c(CC(CC)(C(=O)O)C(=O)O)ccc(CC(CC)(C(=O)O)C(=O)O)c1CC. The summed E-state index contributed by atoms with van der Waals surface area (Å²) in [5.74, 6) is -5.65. The number of hydrogen-bond acceptors (Lipinski definition) is 4. The van der Waals surface area contributed by atoms with Crippen LogP contribution in [-0.2, 0) is 44.9 Å². The Hall–Kier alpha value is -2.90. The molecule has 0 spiro atoms. The van der Waals surface area contributed by atoms with Gasteiger partial charge >= 0.3 is 23.9 Å². The lowest BCUT2D eigenvalue weighted by atomic mass is 9.74. The first-order valence-corrected chi connectivity index (χ1v) is 10.0. The first-order valence-electron chi connectivity index (χ1n) is 10.0. The largest absolute Gasteiger partial charge is 0.480 e. The number of carboxylic acids is 4. The van der Waals surface area contributed by atoms with Crippen LogP contribution in [0.5, 0.6) is 0 Å². The van der Waals surface area contributed by atoms with Crippen molar-refractivity contribution in [3.05, 3.63) is 34.4 Å². The van der Waals surface area contributed by atoms with Crippen LogP contribution in [0, 0.1) is 10.8 Å². The topological polar surface area (TPSA) is 149 Å². The molecule has 0 heterocycles. The Morgan fingerprint density at radius 2 is 0.900 bits per heavy atom. The number of carboxylic acid groups (broad SMARTS) is 4. The fourth-order valence-electron chi connectivity index (χ4n) is 3.99. The van der Waals surface area contributed by atoms with Crippen molar-refractivity contribution in [2.75, 3.05) is 0 Å². The monoisotopic (exact) mass is 422 g/mol. The minimum absolute atomic E-state index is 0.0962. The molecule has 0 bridgehead atoms. The Morgan fingerprint density at radius 1 is 0.633 bits per heavy atom. The van der Waals surface area contributed by atoms with Crippen molar-refractivity contribution >= 4 is 23.9 Å². The number of carbonyl (C=O) groups is 4. The number of aliphatic carboxylic acids is 4. The molecule has 0 aliphatic carbocycles. The minimum Gasteiger partial charge on any atom is -0.480 e. The van der Waals surface area contributed by atoms with Crippen molar-refractivity contribution < 1.29 is 39.6 Å². The van der Waals surface area contributed by atoms with Crippen LogP contribution in [0.25, 0.3) is 0 Å². The highest BCUT2D eigenvalue weighted by atomic mass is 16.4. The number of benzene rings is 1. The van der Waals surface area contributed by atoms with Gasteiger partial charge in [0.05, 0.1) is 0 Å². The molecule has 1 rings (SSSR count). The summed E-state index contributed by atoms with van der Waals surface area (Å²) in [7, 11) is 0. The highest BCUT2D eigenvalue weighted by molar-refractivity contribution is 5.99. The van der Waals surface area contributed by atoms with Gasteiger partial charge in [-0.25, -0.2) is 0 Å².